The first-order chi connectivity index (χ1) is 18.4. The molecule has 4 rings (SSSR count). The fourth-order valence-electron chi connectivity index (χ4n) is 3.39. The SMILES string of the molecule is CCOc1cc(/C=N/NC(=O)c2ccc(-c3csc(Nc4ccc(C)cc4)n3)cc2)ccc1OCC(N)=O. The molecular weight excluding hydrogens is 502 g/mol. The summed E-state index contributed by atoms with van der Waals surface area (Å²) < 4.78 is 10.9. The van der Waals surface area contributed by atoms with Gasteiger partial charge in [-0.1, -0.05) is 29.8 Å². The first kappa shape index (κ1) is 26.4. The number of primary amides is 1. The van der Waals surface area contributed by atoms with Crippen LogP contribution in [0.15, 0.2) is 77.2 Å². The summed E-state index contributed by atoms with van der Waals surface area (Å²) in [5.41, 5.74) is 12.7. The number of nitrogens with one attached hydrogen (secondary N) is 2. The average molecular weight is 530 g/mol. The highest BCUT2D eigenvalue weighted by molar-refractivity contribution is 7.14. The molecule has 0 aliphatic rings. The lowest BCUT2D eigenvalue weighted by Gasteiger charge is -2.11. The van der Waals surface area contributed by atoms with Gasteiger partial charge in [0.05, 0.1) is 18.5 Å². The van der Waals surface area contributed by atoms with E-state index in [1.165, 1.54) is 23.1 Å². The number of aryl methyl sites for hydroxylation is 1. The second kappa shape index (κ2) is 12.5. The molecule has 0 saturated heterocycles. The maximum atomic E-state index is 12.5. The van der Waals surface area contributed by atoms with Gasteiger partial charge in [0.25, 0.3) is 11.8 Å². The lowest BCUT2D eigenvalue weighted by Crippen LogP contribution is -2.20. The summed E-state index contributed by atoms with van der Waals surface area (Å²) in [6, 6.07) is 20.3. The standard InChI is InChI=1S/C28H27N5O4S/c1-3-36-25-14-19(6-13-24(25)37-16-26(29)34)15-30-33-27(35)21-9-7-20(8-10-21)23-17-38-28(32-23)31-22-11-4-18(2)5-12-22/h4-15,17H,3,16H2,1-2H3,(H2,29,34)(H,31,32)(H,33,35)/b30-15+. The number of ether oxygens (including phenoxy) is 2. The molecule has 0 spiro atoms. The summed E-state index contributed by atoms with van der Waals surface area (Å²) in [6.45, 7) is 4.03. The molecule has 4 N–H and O–H groups in total. The molecule has 4 aromatic rings. The van der Waals surface area contributed by atoms with Crippen LogP contribution in [0, 0.1) is 6.92 Å². The number of amides is 2. The van der Waals surface area contributed by atoms with E-state index < -0.39 is 5.91 Å². The molecule has 0 atom stereocenters. The molecule has 0 aliphatic heterocycles. The Morgan fingerprint density at radius 1 is 1.03 bits per heavy atom. The highest BCUT2D eigenvalue weighted by Gasteiger charge is 2.10. The number of thiazole rings is 1. The van der Waals surface area contributed by atoms with Crippen molar-refractivity contribution in [3.05, 3.63) is 88.8 Å². The van der Waals surface area contributed by atoms with Crippen molar-refractivity contribution < 1.29 is 19.1 Å². The largest absolute Gasteiger partial charge is 0.490 e. The number of nitrogens with zero attached hydrogens (tertiary/aromatic N) is 2. The highest BCUT2D eigenvalue weighted by Crippen LogP contribution is 2.29. The van der Waals surface area contributed by atoms with Crippen LogP contribution in [0.4, 0.5) is 10.8 Å². The molecule has 2 amide bonds. The molecule has 10 heteroatoms. The highest BCUT2D eigenvalue weighted by atomic mass is 32.1. The minimum absolute atomic E-state index is 0.254. The Balaban J connectivity index is 1.35. The van der Waals surface area contributed by atoms with Gasteiger partial charge in [-0.3, -0.25) is 9.59 Å². The van der Waals surface area contributed by atoms with Crippen LogP contribution in [-0.2, 0) is 4.79 Å². The summed E-state index contributed by atoms with van der Waals surface area (Å²) in [7, 11) is 0. The predicted octanol–water partition coefficient (Wildman–Crippen LogP) is 4.89. The number of carbonyl (C=O) groups is 2. The van der Waals surface area contributed by atoms with Crippen molar-refractivity contribution >= 4 is 40.2 Å². The van der Waals surface area contributed by atoms with Crippen LogP contribution >= 0.6 is 11.3 Å². The van der Waals surface area contributed by atoms with Crippen LogP contribution < -0.4 is 25.9 Å². The van der Waals surface area contributed by atoms with Gasteiger partial charge in [-0.15, -0.1) is 11.3 Å². The first-order valence-corrected chi connectivity index (χ1v) is 12.7. The lowest BCUT2D eigenvalue weighted by atomic mass is 10.1. The number of anilines is 2. The van der Waals surface area contributed by atoms with Gasteiger partial charge in [0.15, 0.2) is 23.2 Å². The van der Waals surface area contributed by atoms with Gasteiger partial charge in [0, 0.05) is 22.2 Å². The predicted molar refractivity (Wildman–Crippen MR) is 149 cm³/mol. The van der Waals surface area contributed by atoms with Crippen molar-refractivity contribution in [2.45, 2.75) is 13.8 Å². The second-order valence-corrected chi connectivity index (χ2v) is 9.06. The van der Waals surface area contributed by atoms with Crippen molar-refractivity contribution in [2.75, 3.05) is 18.5 Å². The first-order valence-electron chi connectivity index (χ1n) is 11.8. The maximum absolute atomic E-state index is 12.5. The molecular formula is C28H27N5O4S. The smallest absolute Gasteiger partial charge is 0.271 e. The summed E-state index contributed by atoms with van der Waals surface area (Å²) >= 11 is 1.51. The minimum Gasteiger partial charge on any atom is -0.490 e. The van der Waals surface area contributed by atoms with E-state index in [4.69, 9.17) is 15.2 Å². The summed E-state index contributed by atoms with van der Waals surface area (Å²) in [5, 5.41) is 10.1. The average Bonchev–Trinajstić information content (AvgIpc) is 3.38. The molecule has 3 aromatic carbocycles. The number of hydrazone groups is 1. The van der Waals surface area contributed by atoms with Crippen LogP contribution in [-0.4, -0.2) is 36.2 Å². The van der Waals surface area contributed by atoms with E-state index in [2.05, 4.69) is 20.8 Å². The van der Waals surface area contributed by atoms with E-state index in [9.17, 15) is 9.59 Å². The Labute approximate surface area is 224 Å². The monoisotopic (exact) mass is 529 g/mol. The lowest BCUT2D eigenvalue weighted by molar-refractivity contribution is -0.119. The molecule has 194 valence electrons. The Morgan fingerprint density at radius 2 is 1.79 bits per heavy atom. The zero-order valence-electron chi connectivity index (χ0n) is 20.9. The van der Waals surface area contributed by atoms with Crippen molar-refractivity contribution in [2.24, 2.45) is 10.8 Å². The minimum atomic E-state index is -0.583. The number of rotatable bonds is 11. The third kappa shape index (κ3) is 7.17. The normalized spacial score (nSPS) is 10.8. The molecule has 0 unspecified atom stereocenters. The second-order valence-electron chi connectivity index (χ2n) is 8.20. The Bertz CT molecular complexity index is 1430. The molecule has 1 aromatic heterocycles. The summed E-state index contributed by atoms with van der Waals surface area (Å²) in [5.74, 6) is -0.0940. The van der Waals surface area contributed by atoms with Crippen molar-refractivity contribution in [1.29, 1.82) is 0 Å². The van der Waals surface area contributed by atoms with Crippen molar-refractivity contribution in [1.82, 2.24) is 10.4 Å². The number of hydrogen-bond donors (Lipinski definition) is 3. The Kier molecular flexibility index (Phi) is 8.68. The number of hydrogen-bond acceptors (Lipinski definition) is 8. The number of carbonyl (C=O) groups excluding carboxylic acids is 2. The van der Waals surface area contributed by atoms with Crippen LogP contribution in [0.5, 0.6) is 11.5 Å². The van der Waals surface area contributed by atoms with Gasteiger partial charge in [-0.2, -0.15) is 5.10 Å². The van der Waals surface area contributed by atoms with E-state index in [-0.39, 0.29) is 12.5 Å². The number of nitrogens with two attached hydrogens (primary N) is 1. The molecule has 9 nitrogen and oxygen atoms in total. The molecule has 0 aliphatic carbocycles. The molecule has 0 radical (unpaired) electrons. The quantitative estimate of drug-likeness (QED) is 0.188. The van der Waals surface area contributed by atoms with E-state index in [1.807, 2.05) is 55.6 Å². The molecule has 1 heterocycles. The van der Waals surface area contributed by atoms with E-state index in [0.29, 0.717) is 29.2 Å². The van der Waals surface area contributed by atoms with E-state index in [1.54, 1.807) is 30.3 Å². The van der Waals surface area contributed by atoms with Crippen LogP contribution in [0.1, 0.15) is 28.4 Å². The molecule has 0 saturated carbocycles. The van der Waals surface area contributed by atoms with Crippen molar-refractivity contribution in [3.63, 3.8) is 0 Å². The van der Waals surface area contributed by atoms with Crippen LogP contribution in [0.2, 0.25) is 0 Å². The van der Waals surface area contributed by atoms with Crippen LogP contribution in [0.25, 0.3) is 11.3 Å². The van der Waals surface area contributed by atoms with Crippen molar-refractivity contribution in [3.8, 4) is 22.8 Å². The molecule has 0 bridgehead atoms. The topological polar surface area (TPSA) is 128 Å². The van der Waals surface area contributed by atoms with E-state index in [0.717, 1.165) is 22.1 Å². The fourth-order valence-corrected chi connectivity index (χ4v) is 4.13. The van der Waals surface area contributed by atoms with Gasteiger partial charge in [0.2, 0.25) is 0 Å². The molecule has 38 heavy (non-hydrogen) atoms. The van der Waals surface area contributed by atoms with Gasteiger partial charge >= 0.3 is 0 Å². The Morgan fingerprint density at radius 3 is 2.50 bits per heavy atom. The van der Waals surface area contributed by atoms with Gasteiger partial charge in [0.1, 0.15) is 0 Å². The number of benzene rings is 3. The van der Waals surface area contributed by atoms with Gasteiger partial charge in [-0.05, 0) is 61.9 Å². The maximum Gasteiger partial charge on any atom is 0.271 e. The van der Waals surface area contributed by atoms with Crippen LogP contribution in [0.3, 0.4) is 0 Å². The van der Waals surface area contributed by atoms with E-state index >= 15 is 0 Å². The number of aromatic nitrogens is 1. The zero-order valence-corrected chi connectivity index (χ0v) is 21.7. The Hall–Kier alpha value is -4.70. The third-order valence-corrected chi connectivity index (χ3v) is 6.02. The third-order valence-electron chi connectivity index (χ3n) is 5.27. The zero-order chi connectivity index (χ0) is 26.9. The van der Waals surface area contributed by atoms with Gasteiger partial charge in [-0.25, -0.2) is 10.4 Å². The summed E-state index contributed by atoms with van der Waals surface area (Å²) in [4.78, 5) is 28.2. The summed E-state index contributed by atoms with van der Waals surface area (Å²) in [6.07, 6.45) is 1.49. The fraction of sp³-hybridized carbons (Fsp3) is 0.143. The van der Waals surface area contributed by atoms with Gasteiger partial charge < -0.3 is 20.5 Å². The molecule has 0 fully saturated rings.